The molecule has 0 fully saturated rings. The monoisotopic (exact) mass is 216 g/mol. The van der Waals surface area contributed by atoms with Crippen LogP contribution in [-0.2, 0) is 0 Å². The molecule has 1 nitrogen and oxygen atoms in total. The van der Waals surface area contributed by atoms with E-state index in [0.29, 0.717) is 11.8 Å². The van der Waals surface area contributed by atoms with Gasteiger partial charge in [-0.25, -0.2) is 0 Å². The second kappa shape index (κ2) is 16.1. The van der Waals surface area contributed by atoms with Crippen LogP contribution in [0, 0.1) is 11.8 Å². The molecule has 0 saturated carbocycles. The number of aliphatic hydroxyl groups is 1. The highest BCUT2D eigenvalue weighted by Gasteiger charge is 2.03. The van der Waals surface area contributed by atoms with Crippen molar-refractivity contribution < 1.29 is 5.11 Å². The Morgan fingerprint density at radius 3 is 1.47 bits per heavy atom. The summed E-state index contributed by atoms with van der Waals surface area (Å²) < 4.78 is 0. The predicted octanol–water partition coefficient (Wildman–Crippen LogP) is 4.66. The highest BCUT2D eigenvalue weighted by Crippen LogP contribution is 2.04. The topological polar surface area (TPSA) is 20.2 Å². The van der Waals surface area contributed by atoms with Crippen molar-refractivity contribution in [1.29, 1.82) is 0 Å². The van der Waals surface area contributed by atoms with Gasteiger partial charge in [-0.3, -0.25) is 0 Å². The van der Waals surface area contributed by atoms with Crippen LogP contribution < -0.4 is 0 Å². The van der Waals surface area contributed by atoms with Gasteiger partial charge >= 0.3 is 0 Å². The molecule has 1 N–H and O–H groups in total. The lowest BCUT2D eigenvalue weighted by atomic mass is 10.0. The minimum atomic E-state index is -0.134. The van der Waals surface area contributed by atoms with Crippen molar-refractivity contribution in [3.8, 4) is 0 Å². The van der Waals surface area contributed by atoms with Gasteiger partial charge in [-0.2, -0.15) is 0 Å². The van der Waals surface area contributed by atoms with Crippen LogP contribution >= 0.6 is 0 Å². The van der Waals surface area contributed by atoms with Crippen LogP contribution in [0.4, 0.5) is 0 Å². The molecule has 0 amide bonds. The van der Waals surface area contributed by atoms with Crippen molar-refractivity contribution in [3.05, 3.63) is 12.7 Å². The van der Waals surface area contributed by atoms with E-state index in [1.54, 1.807) is 0 Å². The number of allylic oxidation sites excluding steroid dienone is 1. The summed E-state index contributed by atoms with van der Waals surface area (Å²) in [5.74, 6) is 1.16. The molecule has 0 aliphatic carbocycles. The molecule has 3 unspecified atom stereocenters. The molecular weight excluding hydrogens is 184 g/mol. The molecule has 3 atom stereocenters. The Balaban J connectivity index is -0.000000166. The van der Waals surface area contributed by atoms with Crippen LogP contribution in [0.5, 0.6) is 0 Å². The average Bonchev–Trinajstić information content (AvgIpc) is 2.30. The van der Waals surface area contributed by atoms with E-state index in [-0.39, 0.29) is 6.10 Å². The van der Waals surface area contributed by atoms with E-state index in [1.165, 1.54) is 6.42 Å². The SMILES string of the molecule is C=CC(C)CC.CC.CCC(C)C(C)O. The zero-order valence-corrected chi connectivity index (χ0v) is 11.9. The molecular formula is C14H32O. The zero-order chi connectivity index (χ0) is 12.9. The fraction of sp³-hybridized carbons (Fsp3) is 0.857. The summed E-state index contributed by atoms with van der Waals surface area (Å²) >= 11 is 0. The summed E-state index contributed by atoms with van der Waals surface area (Å²) in [6.07, 6.45) is 4.12. The van der Waals surface area contributed by atoms with E-state index in [4.69, 9.17) is 5.11 Å². The fourth-order valence-corrected chi connectivity index (χ4v) is 0.508. The van der Waals surface area contributed by atoms with E-state index in [2.05, 4.69) is 27.4 Å². The molecule has 0 saturated heterocycles. The first-order valence-electron chi connectivity index (χ1n) is 6.30. The Labute approximate surface area is 97.6 Å². The fourth-order valence-electron chi connectivity index (χ4n) is 0.508. The molecule has 1 heteroatoms. The van der Waals surface area contributed by atoms with Gasteiger partial charge in [-0.05, 0) is 18.8 Å². The Hall–Kier alpha value is -0.300. The van der Waals surface area contributed by atoms with Crippen molar-refractivity contribution in [3.63, 3.8) is 0 Å². The number of hydrogen-bond acceptors (Lipinski definition) is 1. The van der Waals surface area contributed by atoms with Gasteiger partial charge in [0.15, 0.2) is 0 Å². The predicted molar refractivity (Wildman–Crippen MR) is 72.1 cm³/mol. The van der Waals surface area contributed by atoms with Gasteiger partial charge in [-0.1, -0.05) is 60.5 Å². The first-order valence-corrected chi connectivity index (χ1v) is 6.30. The smallest absolute Gasteiger partial charge is 0.0537 e. The van der Waals surface area contributed by atoms with Crippen LogP contribution in [-0.4, -0.2) is 11.2 Å². The maximum atomic E-state index is 8.82. The molecule has 0 radical (unpaired) electrons. The molecule has 0 spiro atoms. The van der Waals surface area contributed by atoms with Crippen LogP contribution in [0.25, 0.3) is 0 Å². The molecule has 0 rings (SSSR count). The third kappa shape index (κ3) is 19.9. The minimum absolute atomic E-state index is 0.134. The maximum absolute atomic E-state index is 8.82. The molecule has 0 aromatic heterocycles. The molecule has 0 bridgehead atoms. The van der Waals surface area contributed by atoms with Crippen molar-refractivity contribution in [2.75, 3.05) is 0 Å². The van der Waals surface area contributed by atoms with Gasteiger partial charge < -0.3 is 5.11 Å². The van der Waals surface area contributed by atoms with Gasteiger partial charge in [0.1, 0.15) is 0 Å². The van der Waals surface area contributed by atoms with Gasteiger partial charge in [-0.15, -0.1) is 6.58 Å². The summed E-state index contributed by atoms with van der Waals surface area (Å²) in [6.45, 7) is 17.9. The Bertz CT molecular complexity index is 108. The third-order valence-corrected chi connectivity index (χ3v) is 2.51. The molecule has 0 aromatic carbocycles. The first kappa shape index (κ1) is 20.2. The van der Waals surface area contributed by atoms with Gasteiger partial charge in [0.05, 0.1) is 6.10 Å². The summed E-state index contributed by atoms with van der Waals surface area (Å²) in [4.78, 5) is 0. The Kier molecular flexibility index (Phi) is 21.7. The first-order chi connectivity index (χ1) is 6.99. The van der Waals surface area contributed by atoms with E-state index < -0.39 is 0 Å². The van der Waals surface area contributed by atoms with Crippen molar-refractivity contribution in [2.24, 2.45) is 11.8 Å². The van der Waals surface area contributed by atoms with Crippen LogP contribution in [0.3, 0.4) is 0 Å². The molecule has 0 aromatic rings. The summed E-state index contributed by atoms with van der Waals surface area (Å²) in [7, 11) is 0. The van der Waals surface area contributed by atoms with Crippen LogP contribution in [0.1, 0.15) is 61.3 Å². The third-order valence-electron chi connectivity index (χ3n) is 2.51. The van der Waals surface area contributed by atoms with Crippen LogP contribution in [0.2, 0.25) is 0 Å². The highest BCUT2D eigenvalue weighted by atomic mass is 16.3. The number of rotatable bonds is 4. The molecule has 15 heavy (non-hydrogen) atoms. The summed E-state index contributed by atoms with van der Waals surface area (Å²) in [5.41, 5.74) is 0. The maximum Gasteiger partial charge on any atom is 0.0537 e. The average molecular weight is 216 g/mol. The minimum Gasteiger partial charge on any atom is -0.393 e. The normalized spacial score (nSPS) is 14.7. The largest absolute Gasteiger partial charge is 0.393 e. The number of aliphatic hydroxyl groups excluding tert-OH is 1. The lowest BCUT2D eigenvalue weighted by Crippen LogP contribution is -2.10. The summed E-state index contributed by atoms with van der Waals surface area (Å²) in [6, 6.07) is 0. The molecule has 0 heterocycles. The summed E-state index contributed by atoms with van der Waals surface area (Å²) in [5, 5.41) is 8.82. The Morgan fingerprint density at radius 1 is 1.07 bits per heavy atom. The lowest BCUT2D eigenvalue weighted by Gasteiger charge is -2.09. The second-order valence-electron chi connectivity index (χ2n) is 3.75. The van der Waals surface area contributed by atoms with Crippen molar-refractivity contribution >= 4 is 0 Å². The van der Waals surface area contributed by atoms with Crippen molar-refractivity contribution in [1.82, 2.24) is 0 Å². The van der Waals surface area contributed by atoms with E-state index in [1.807, 2.05) is 33.8 Å². The van der Waals surface area contributed by atoms with E-state index >= 15 is 0 Å². The van der Waals surface area contributed by atoms with Crippen LogP contribution in [0.15, 0.2) is 12.7 Å². The van der Waals surface area contributed by atoms with Gasteiger partial charge in [0.2, 0.25) is 0 Å². The number of hydrogen-bond donors (Lipinski definition) is 1. The zero-order valence-electron chi connectivity index (χ0n) is 11.9. The van der Waals surface area contributed by atoms with E-state index in [0.717, 1.165) is 6.42 Å². The van der Waals surface area contributed by atoms with Crippen molar-refractivity contribution in [2.45, 2.75) is 67.4 Å². The molecule has 0 aliphatic rings. The van der Waals surface area contributed by atoms with Gasteiger partial charge in [0, 0.05) is 0 Å². The highest BCUT2D eigenvalue weighted by molar-refractivity contribution is 4.72. The second-order valence-corrected chi connectivity index (χ2v) is 3.75. The molecule has 0 aliphatic heterocycles. The molecule has 94 valence electrons. The standard InChI is InChI=1S/C6H14O.C6H12.C2H6/c1-4-5(2)6(3)7;1-4-6(3)5-2;1-2/h5-7H,4H2,1-3H3;4,6H,1,5H2,2-3H3;1-2H3. The van der Waals surface area contributed by atoms with Gasteiger partial charge in [0.25, 0.3) is 0 Å². The quantitative estimate of drug-likeness (QED) is 0.678. The van der Waals surface area contributed by atoms with E-state index in [9.17, 15) is 0 Å². The lowest BCUT2D eigenvalue weighted by molar-refractivity contribution is 0.133. The Morgan fingerprint density at radius 2 is 1.47 bits per heavy atom.